The lowest BCUT2D eigenvalue weighted by molar-refractivity contribution is 0.00818. The molecule has 1 aromatic rings. The van der Waals surface area contributed by atoms with Crippen molar-refractivity contribution >= 4 is 11.8 Å². The van der Waals surface area contributed by atoms with Crippen molar-refractivity contribution in [2.75, 3.05) is 18.8 Å². The van der Waals surface area contributed by atoms with E-state index in [1.807, 2.05) is 26.8 Å². The highest BCUT2D eigenvalue weighted by Crippen LogP contribution is 2.28. The van der Waals surface area contributed by atoms with Crippen molar-refractivity contribution in [1.29, 1.82) is 0 Å². The molecule has 18 heavy (non-hydrogen) atoms. The number of carbonyl (C=O) groups excluding carboxylic acids is 1. The first-order valence-electron chi connectivity index (χ1n) is 6.03. The van der Waals surface area contributed by atoms with E-state index in [0.29, 0.717) is 24.7 Å². The topological polar surface area (TPSA) is 68.5 Å². The first-order chi connectivity index (χ1) is 8.35. The summed E-state index contributed by atoms with van der Waals surface area (Å²) >= 11 is 0. The van der Waals surface area contributed by atoms with Crippen LogP contribution in [-0.4, -0.2) is 34.7 Å². The van der Waals surface area contributed by atoms with E-state index >= 15 is 0 Å². The highest BCUT2D eigenvalue weighted by molar-refractivity contribution is 5.69. The van der Waals surface area contributed by atoms with Crippen LogP contribution in [-0.2, 0) is 4.74 Å². The fourth-order valence-corrected chi connectivity index (χ4v) is 1.86. The zero-order valence-corrected chi connectivity index (χ0v) is 11.0. The Morgan fingerprint density at radius 1 is 1.44 bits per heavy atom. The number of amides is 1. The van der Waals surface area contributed by atoms with Crippen LogP contribution in [0.2, 0.25) is 0 Å². The van der Waals surface area contributed by atoms with Crippen LogP contribution in [0.4, 0.5) is 10.5 Å². The maximum atomic E-state index is 11.7. The number of pyridine rings is 1. The van der Waals surface area contributed by atoms with Gasteiger partial charge in [0.05, 0.1) is 5.69 Å². The molecule has 1 aliphatic rings. The van der Waals surface area contributed by atoms with E-state index in [0.717, 1.165) is 5.56 Å². The third kappa shape index (κ3) is 2.91. The standard InChI is InChI=1S/C13H19N3O2/c1-13(2,3)18-12(17)16-7-10(8-16)9-4-11(14)6-15-5-9/h4-6,10H,7-8,14H2,1-3H3. The summed E-state index contributed by atoms with van der Waals surface area (Å²) in [6.45, 7) is 6.93. The van der Waals surface area contributed by atoms with Gasteiger partial charge in [-0.3, -0.25) is 4.98 Å². The first-order valence-corrected chi connectivity index (χ1v) is 6.03. The lowest BCUT2D eigenvalue weighted by Crippen LogP contribution is -2.50. The second-order valence-electron chi connectivity index (χ2n) is 5.63. The van der Waals surface area contributed by atoms with Gasteiger partial charge in [0.2, 0.25) is 0 Å². The van der Waals surface area contributed by atoms with Crippen LogP contribution in [0.1, 0.15) is 32.3 Å². The Bertz CT molecular complexity index is 448. The van der Waals surface area contributed by atoms with E-state index in [1.54, 1.807) is 17.3 Å². The van der Waals surface area contributed by atoms with E-state index in [4.69, 9.17) is 10.5 Å². The summed E-state index contributed by atoms with van der Waals surface area (Å²) in [6, 6.07) is 1.91. The first kappa shape index (κ1) is 12.7. The van der Waals surface area contributed by atoms with Gasteiger partial charge in [-0.15, -0.1) is 0 Å². The number of hydrogen-bond acceptors (Lipinski definition) is 4. The molecule has 0 radical (unpaired) electrons. The van der Waals surface area contributed by atoms with Crippen molar-refractivity contribution in [1.82, 2.24) is 9.88 Å². The van der Waals surface area contributed by atoms with Crippen LogP contribution in [0.15, 0.2) is 18.5 Å². The molecule has 2 rings (SSSR count). The van der Waals surface area contributed by atoms with Crippen molar-refractivity contribution in [2.45, 2.75) is 32.3 Å². The molecule has 1 fully saturated rings. The predicted molar refractivity (Wildman–Crippen MR) is 69.2 cm³/mol. The molecule has 0 spiro atoms. The molecule has 2 heterocycles. The molecular formula is C13H19N3O2. The lowest BCUT2D eigenvalue weighted by Gasteiger charge is -2.39. The van der Waals surface area contributed by atoms with Crippen LogP contribution in [0.3, 0.4) is 0 Å². The Kier molecular flexibility index (Phi) is 3.15. The minimum absolute atomic E-state index is 0.254. The van der Waals surface area contributed by atoms with E-state index in [1.165, 1.54) is 0 Å². The van der Waals surface area contributed by atoms with Gasteiger partial charge in [-0.25, -0.2) is 4.79 Å². The molecule has 1 saturated heterocycles. The summed E-state index contributed by atoms with van der Waals surface area (Å²) < 4.78 is 5.30. The quantitative estimate of drug-likeness (QED) is 0.826. The molecule has 1 aromatic heterocycles. The minimum atomic E-state index is -0.444. The number of aromatic nitrogens is 1. The molecule has 2 N–H and O–H groups in total. The van der Waals surface area contributed by atoms with Crippen molar-refractivity contribution in [3.8, 4) is 0 Å². The number of anilines is 1. The molecule has 0 saturated carbocycles. The Labute approximate surface area is 107 Å². The third-order valence-corrected chi connectivity index (χ3v) is 2.79. The largest absolute Gasteiger partial charge is 0.444 e. The molecule has 5 heteroatoms. The molecule has 0 bridgehead atoms. The average molecular weight is 249 g/mol. The van der Waals surface area contributed by atoms with Gasteiger partial charge >= 0.3 is 6.09 Å². The maximum absolute atomic E-state index is 11.7. The van der Waals surface area contributed by atoms with Gasteiger partial charge in [0.15, 0.2) is 0 Å². The van der Waals surface area contributed by atoms with Gasteiger partial charge in [0.25, 0.3) is 0 Å². The van der Waals surface area contributed by atoms with Crippen LogP contribution < -0.4 is 5.73 Å². The van der Waals surface area contributed by atoms with Gasteiger partial charge in [0.1, 0.15) is 5.60 Å². The molecule has 0 aliphatic carbocycles. The van der Waals surface area contributed by atoms with E-state index in [9.17, 15) is 4.79 Å². The summed E-state index contributed by atoms with van der Waals surface area (Å²) in [5.74, 6) is 0.313. The molecule has 1 amide bonds. The zero-order chi connectivity index (χ0) is 13.3. The van der Waals surface area contributed by atoms with Crippen LogP contribution in [0.5, 0.6) is 0 Å². The third-order valence-electron chi connectivity index (χ3n) is 2.79. The molecule has 5 nitrogen and oxygen atoms in total. The number of carbonyl (C=O) groups is 1. The number of rotatable bonds is 1. The van der Waals surface area contributed by atoms with Gasteiger partial charge < -0.3 is 15.4 Å². The number of nitrogens with two attached hydrogens (primary N) is 1. The van der Waals surface area contributed by atoms with Crippen LogP contribution >= 0.6 is 0 Å². The van der Waals surface area contributed by atoms with Gasteiger partial charge in [-0.1, -0.05) is 0 Å². The van der Waals surface area contributed by atoms with Crippen molar-refractivity contribution in [3.05, 3.63) is 24.0 Å². The number of hydrogen-bond donors (Lipinski definition) is 1. The summed E-state index contributed by atoms with van der Waals surface area (Å²) in [5.41, 5.74) is 6.98. The van der Waals surface area contributed by atoms with Gasteiger partial charge in [-0.05, 0) is 32.4 Å². The fourth-order valence-electron chi connectivity index (χ4n) is 1.86. The molecule has 1 aliphatic heterocycles. The Hall–Kier alpha value is -1.78. The smallest absolute Gasteiger partial charge is 0.410 e. The Morgan fingerprint density at radius 2 is 2.11 bits per heavy atom. The van der Waals surface area contributed by atoms with Crippen molar-refractivity contribution < 1.29 is 9.53 Å². The minimum Gasteiger partial charge on any atom is -0.444 e. The van der Waals surface area contributed by atoms with Crippen molar-refractivity contribution in [3.63, 3.8) is 0 Å². The summed E-state index contributed by atoms with van der Waals surface area (Å²) in [5, 5.41) is 0. The zero-order valence-electron chi connectivity index (χ0n) is 11.0. The van der Waals surface area contributed by atoms with Gasteiger partial charge in [0, 0.05) is 31.4 Å². The summed E-state index contributed by atoms with van der Waals surface area (Å²) in [6.07, 6.45) is 3.16. The SMILES string of the molecule is CC(C)(C)OC(=O)N1CC(c2cncc(N)c2)C1. The summed E-state index contributed by atoms with van der Waals surface area (Å²) in [4.78, 5) is 17.5. The second kappa shape index (κ2) is 4.48. The molecular weight excluding hydrogens is 230 g/mol. The maximum Gasteiger partial charge on any atom is 0.410 e. The Morgan fingerprint density at radius 3 is 2.67 bits per heavy atom. The van der Waals surface area contributed by atoms with Crippen molar-refractivity contribution in [2.24, 2.45) is 0 Å². The number of nitrogen functional groups attached to an aromatic ring is 1. The average Bonchev–Trinajstić information content (AvgIpc) is 2.11. The van der Waals surface area contributed by atoms with E-state index < -0.39 is 5.60 Å². The normalized spacial score (nSPS) is 16.3. The van der Waals surface area contributed by atoms with Gasteiger partial charge in [-0.2, -0.15) is 0 Å². The lowest BCUT2D eigenvalue weighted by atomic mass is 9.93. The van der Waals surface area contributed by atoms with Crippen LogP contribution in [0.25, 0.3) is 0 Å². The Balaban J connectivity index is 1.89. The van der Waals surface area contributed by atoms with E-state index in [2.05, 4.69) is 4.98 Å². The monoisotopic (exact) mass is 249 g/mol. The fraction of sp³-hybridized carbons (Fsp3) is 0.538. The highest BCUT2D eigenvalue weighted by atomic mass is 16.6. The van der Waals surface area contributed by atoms with Crippen LogP contribution in [0, 0.1) is 0 Å². The predicted octanol–water partition coefficient (Wildman–Crippen LogP) is 2.00. The molecule has 0 aromatic carbocycles. The summed E-state index contributed by atoms with van der Waals surface area (Å²) in [7, 11) is 0. The molecule has 0 unspecified atom stereocenters. The number of nitrogens with zero attached hydrogens (tertiary/aromatic N) is 2. The molecule has 0 atom stereocenters. The van der Waals surface area contributed by atoms with E-state index in [-0.39, 0.29) is 6.09 Å². The number of likely N-dealkylation sites (tertiary alicyclic amines) is 1. The number of ether oxygens (including phenoxy) is 1. The molecule has 98 valence electrons. The second-order valence-corrected chi connectivity index (χ2v) is 5.63. The highest BCUT2D eigenvalue weighted by Gasteiger charge is 2.34.